The van der Waals surface area contributed by atoms with Crippen LogP contribution in [0.4, 0.5) is 0 Å². The van der Waals surface area contributed by atoms with Crippen molar-refractivity contribution in [2.24, 2.45) is 0 Å². The van der Waals surface area contributed by atoms with E-state index in [0.717, 1.165) is 43.2 Å². The lowest BCUT2D eigenvalue weighted by Crippen LogP contribution is -2.33. The molecule has 0 bridgehead atoms. The zero-order chi connectivity index (χ0) is 17.5. The van der Waals surface area contributed by atoms with Crippen molar-refractivity contribution in [3.63, 3.8) is 0 Å². The molecule has 1 aliphatic heterocycles. The molecule has 0 radical (unpaired) electrons. The highest BCUT2D eigenvalue weighted by Crippen LogP contribution is 2.19. The van der Waals surface area contributed by atoms with E-state index in [2.05, 4.69) is 5.32 Å². The Morgan fingerprint density at radius 2 is 2.12 bits per heavy atom. The van der Waals surface area contributed by atoms with Gasteiger partial charge < -0.3 is 14.6 Å². The van der Waals surface area contributed by atoms with Crippen LogP contribution < -0.4 is 5.32 Å². The summed E-state index contributed by atoms with van der Waals surface area (Å²) >= 11 is 0. The van der Waals surface area contributed by atoms with Crippen molar-refractivity contribution in [1.82, 2.24) is 10.2 Å². The molecule has 2 amide bonds. The predicted molar refractivity (Wildman–Crippen MR) is 97.9 cm³/mol. The van der Waals surface area contributed by atoms with Gasteiger partial charge in [0.1, 0.15) is 11.3 Å². The van der Waals surface area contributed by atoms with Crippen molar-refractivity contribution in [3.05, 3.63) is 42.2 Å². The zero-order valence-electron chi connectivity index (χ0n) is 14.4. The molecule has 5 heteroatoms. The summed E-state index contributed by atoms with van der Waals surface area (Å²) in [7, 11) is 0. The molecule has 1 aromatic heterocycles. The molecule has 1 aromatic carbocycles. The highest BCUT2D eigenvalue weighted by molar-refractivity contribution is 5.92. The third kappa shape index (κ3) is 4.95. The van der Waals surface area contributed by atoms with Crippen molar-refractivity contribution < 1.29 is 14.0 Å². The lowest BCUT2D eigenvalue weighted by Gasteiger charge is -2.20. The molecule has 5 nitrogen and oxygen atoms in total. The Balaban J connectivity index is 1.41. The Kier molecular flexibility index (Phi) is 5.88. The maximum atomic E-state index is 11.9. The van der Waals surface area contributed by atoms with Crippen LogP contribution in [0.1, 0.15) is 37.9 Å². The second-order valence-electron chi connectivity index (χ2n) is 6.36. The topological polar surface area (TPSA) is 62.6 Å². The summed E-state index contributed by atoms with van der Waals surface area (Å²) in [5.41, 5.74) is 0.810. The van der Waals surface area contributed by atoms with Crippen molar-refractivity contribution >= 4 is 28.9 Å². The van der Waals surface area contributed by atoms with Gasteiger partial charge >= 0.3 is 0 Å². The lowest BCUT2D eigenvalue weighted by molar-refractivity contribution is -0.130. The summed E-state index contributed by atoms with van der Waals surface area (Å²) in [6, 6.07) is 9.65. The van der Waals surface area contributed by atoms with Crippen molar-refractivity contribution in [2.75, 3.05) is 19.6 Å². The number of benzene rings is 1. The summed E-state index contributed by atoms with van der Waals surface area (Å²) in [5.74, 6) is 0.753. The van der Waals surface area contributed by atoms with E-state index in [1.165, 1.54) is 6.08 Å². The first-order chi connectivity index (χ1) is 12.2. The lowest BCUT2D eigenvalue weighted by atomic mass is 10.2. The normalized spacial score (nSPS) is 15.7. The third-order valence-electron chi connectivity index (χ3n) is 4.42. The number of fused-ring (bicyclic) bond motifs is 1. The van der Waals surface area contributed by atoms with Crippen LogP contribution in [0, 0.1) is 0 Å². The number of hydrogen-bond acceptors (Lipinski definition) is 3. The van der Waals surface area contributed by atoms with Crippen LogP contribution in [0.2, 0.25) is 0 Å². The van der Waals surface area contributed by atoms with E-state index >= 15 is 0 Å². The number of carbonyl (C=O) groups excluding carboxylic acids is 2. The standard InChI is InChI=1S/C20H24N2O3/c23-19(11-10-17-15-16-7-3-4-8-18(16)25-17)21-12-6-14-22-13-5-1-2-9-20(22)24/h3-4,7-8,10-11,15H,1-2,5-6,9,12-14H2,(H,21,23)/b11-10+. The molecule has 0 spiro atoms. The molecule has 2 heterocycles. The SMILES string of the molecule is O=C(/C=C/c1cc2ccccc2o1)NCCCN1CCCCCC1=O. The quantitative estimate of drug-likeness (QED) is 0.648. The van der Waals surface area contributed by atoms with E-state index in [9.17, 15) is 9.59 Å². The van der Waals surface area contributed by atoms with Gasteiger partial charge in [-0.25, -0.2) is 0 Å². The summed E-state index contributed by atoms with van der Waals surface area (Å²) in [6.07, 6.45) is 7.80. The molecule has 1 saturated heterocycles. The molecule has 1 fully saturated rings. The van der Waals surface area contributed by atoms with Crippen LogP contribution in [-0.2, 0) is 9.59 Å². The average Bonchev–Trinajstić information content (AvgIpc) is 2.93. The van der Waals surface area contributed by atoms with Gasteiger partial charge in [-0.05, 0) is 37.5 Å². The van der Waals surface area contributed by atoms with Crippen LogP contribution in [0.3, 0.4) is 0 Å². The summed E-state index contributed by atoms with van der Waals surface area (Å²) in [6.45, 7) is 2.12. The third-order valence-corrected chi connectivity index (χ3v) is 4.42. The Morgan fingerprint density at radius 3 is 3.00 bits per heavy atom. The summed E-state index contributed by atoms with van der Waals surface area (Å²) in [5, 5.41) is 3.87. The Morgan fingerprint density at radius 1 is 1.24 bits per heavy atom. The second kappa shape index (κ2) is 8.51. The van der Waals surface area contributed by atoms with Crippen LogP contribution in [0.15, 0.2) is 40.8 Å². The molecule has 1 N–H and O–H groups in total. The van der Waals surface area contributed by atoms with E-state index in [4.69, 9.17) is 4.42 Å². The molecule has 132 valence electrons. The van der Waals surface area contributed by atoms with Crippen molar-refractivity contribution in [3.8, 4) is 0 Å². The number of nitrogens with zero attached hydrogens (tertiary/aromatic N) is 1. The molecule has 0 aliphatic carbocycles. The van der Waals surface area contributed by atoms with Gasteiger partial charge in [0.2, 0.25) is 11.8 Å². The molecule has 3 rings (SSSR count). The fourth-order valence-corrected chi connectivity index (χ4v) is 3.06. The number of amides is 2. The molecular formula is C20H24N2O3. The molecule has 0 unspecified atom stereocenters. The molecule has 2 aromatic rings. The van der Waals surface area contributed by atoms with Crippen molar-refractivity contribution in [2.45, 2.75) is 32.1 Å². The van der Waals surface area contributed by atoms with Gasteiger partial charge in [0.25, 0.3) is 0 Å². The zero-order valence-corrected chi connectivity index (χ0v) is 14.4. The van der Waals surface area contributed by atoms with Gasteiger partial charge in [-0.1, -0.05) is 24.6 Å². The number of carbonyl (C=O) groups is 2. The van der Waals surface area contributed by atoms with Crippen LogP contribution in [0.25, 0.3) is 17.0 Å². The Labute approximate surface area is 147 Å². The number of rotatable bonds is 6. The van der Waals surface area contributed by atoms with Gasteiger partial charge in [0.05, 0.1) is 0 Å². The number of furan rings is 1. The first-order valence-electron chi connectivity index (χ1n) is 8.95. The fourth-order valence-electron chi connectivity index (χ4n) is 3.06. The molecular weight excluding hydrogens is 316 g/mol. The van der Waals surface area contributed by atoms with E-state index in [-0.39, 0.29) is 11.8 Å². The number of likely N-dealkylation sites (tertiary alicyclic amines) is 1. The van der Waals surface area contributed by atoms with Crippen LogP contribution >= 0.6 is 0 Å². The van der Waals surface area contributed by atoms with Gasteiger partial charge in [-0.3, -0.25) is 9.59 Å². The maximum absolute atomic E-state index is 11.9. The largest absolute Gasteiger partial charge is 0.457 e. The highest BCUT2D eigenvalue weighted by atomic mass is 16.3. The minimum atomic E-state index is -0.150. The van der Waals surface area contributed by atoms with E-state index in [1.54, 1.807) is 6.08 Å². The van der Waals surface area contributed by atoms with Gasteiger partial charge in [-0.15, -0.1) is 0 Å². The van der Waals surface area contributed by atoms with Gasteiger partial charge in [0, 0.05) is 37.5 Å². The van der Waals surface area contributed by atoms with Crippen molar-refractivity contribution in [1.29, 1.82) is 0 Å². The van der Waals surface area contributed by atoms with E-state index in [0.29, 0.717) is 25.3 Å². The smallest absolute Gasteiger partial charge is 0.244 e. The van der Waals surface area contributed by atoms with Crippen LogP contribution in [0.5, 0.6) is 0 Å². The van der Waals surface area contributed by atoms with E-state index in [1.807, 2.05) is 35.2 Å². The second-order valence-corrected chi connectivity index (χ2v) is 6.36. The fraction of sp³-hybridized carbons (Fsp3) is 0.400. The van der Waals surface area contributed by atoms with Crippen LogP contribution in [-0.4, -0.2) is 36.3 Å². The molecule has 0 saturated carbocycles. The first kappa shape index (κ1) is 17.3. The summed E-state index contributed by atoms with van der Waals surface area (Å²) < 4.78 is 5.64. The number of nitrogens with one attached hydrogen (secondary N) is 1. The molecule has 0 atom stereocenters. The predicted octanol–water partition coefficient (Wildman–Crippen LogP) is 3.35. The Bertz CT molecular complexity index is 730. The first-order valence-corrected chi connectivity index (χ1v) is 8.95. The van der Waals surface area contributed by atoms with E-state index < -0.39 is 0 Å². The Hall–Kier alpha value is -2.56. The maximum Gasteiger partial charge on any atom is 0.244 e. The minimum Gasteiger partial charge on any atom is -0.457 e. The average molecular weight is 340 g/mol. The minimum absolute atomic E-state index is 0.150. The number of hydrogen-bond donors (Lipinski definition) is 1. The highest BCUT2D eigenvalue weighted by Gasteiger charge is 2.15. The summed E-state index contributed by atoms with van der Waals surface area (Å²) in [4.78, 5) is 25.7. The monoisotopic (exact) mass is 340 g/mol. The number of para-hydroxylation sites is 1. The van der Waals surface area contributed by atoms with Gasteiger partial charge in [0.15, 0.2) is 0 Å². The van der Waals surface area contributed by atoms with Gasteiger partial charge in [-0.2, -0.15) is 0 Å². The molecule has 1 aliphatic rings. The molecule has 25 heavy (non-hydrogen) atoms.